The van der Waals surface area contributed by atoms with Crippen LogP contribution in [0.15, 0.2) is 59.2 Å². The summed E-state index contributed by atoms with van der Waals surface area (Å²) in [7, 11) is 1.96. The highest BCUT2D eigenvalue weighted by atomic mass is 79.9. The summed E-state index contributed by atoms with van der Waals surface area (Å²) in [5.41, 5.74) is 5.19. The van der Waals surface area contributed by atoms with Crippen LogP contribution in [0.5, 0.6) is 5.75 Å². The average molecular weight is 496 g/mol. The second-order valence-corrected chi connectivity index (χ2v) is 9.18. The third kappa shape index (κ3) is 4.76. The number of hydrogen-bond acceptors (Lipinski definition) is 3. The number of nitrogens with zero attached hydrogens (tertiary/aromatic N) is 3. The molecule has 0 aliphatic carbocycles. The fraction of sp³-hybridized carbons (Fsp3) is 0.346. The van der Waals surface area contributed by atoms with Crippen molar-refractivity contribution in [3.8, 4) is 16.9 Å². The zero-order valence-electron chi connectivity index (χ0n) is 19.0. The lowest BCUT2D eigenvalue weighted by Gasteiger charge is -2.35. The highest BCUT2D eigenvalue weighted by molar-refractivity contribution is 9.10. The Bertz CT molecular complexity index is 1090. The summed E-state index contributed by atoms with van der Waals surface area (Å²) >= 11 is 3.57. The Balaban J connectivity index is 1.47. The van der Waals surface area contributed by atoms with Gasteiger partial charge in [0, 0.05) is 61.6 Å². The molecule has 0 bridgehead atoms. The first kappa shape index (κ1) is 22.6. The molecule has 0 atom stereocenters. The summed E-state index contributed by atoms with van der Waals surface area (Å²) in [6.45, 7) is 8.66. The summed E-state index contributed by atoms with van der Waals surface area (Å²) in [6, 6.07) is 16.4. The lowest BCUT2D eigenvalue weighted by Crippen LogP contribution is -2.48. The molecule has 4 rings (SSSR count). The van der Waals surface area contributed by atoms with Gasteiger partial charge < -0.3 is 14.2 Å². The van der Waals surface area contributed by atoms with Crippen LogP contribution in [0.25, 0.3) is 11.1 Å². The van der Waals surface area contributed by atoms with Crippen molar-refractivity contribution in [3.63, 3.8) is 0 Å². The summed E-state index contributed by atoms with van der Waals surface area (Å²) in [5, 5.41) is 0. The molecule has 5 nitrogen and oxygen atoms in total. The molecule has 0 N–H and O–H groups in total. The van der Waals surface area contributed by atoms with Crippen molar-refractivity contribution in [2.24, 2.45) is 7.05 Å². The van der Waals surface area contributed by atoms with Crippen LogP contribution in [-0.2, 0) is 13.6 Å². The number of benzene rings is 2. The zero-order valence-corrected chi connectivity index (χ0v) is 20.6. The van der Waals surface area contributed by atoms with Gasteiger partial charge in [-0.25, -0.2) is 0 Å². The van der Waals surface area contributed by atoms with Gasteiger partial charge in [0.15, 0.2) is 0 Å². The number of carbonyl (C=O) groups is 1. The number of aryl methyl sites for hydroxylation is 2. The average Bonchev–Trinajstić information content (AvgIpc) is 3.10. The minimum absolute atomic E-state index is 0.108. The van der Waals surface area contributed by atoms with E-state index in [9.17, 15) is 4.79 Å². The second-order valence-electron chi connectivity index (χ2n) is 8.27. The van der Waals surface area contributed by atoms with Gasteiger partial charge in [0.25, 0.3) is 5.91 Å². The molecule has 2 heterocycles. The molecule has 32 heavy (non-hydrogen) atoms. The maximum Gasteiger partial charge on any atom is 0.271 e. The van der Waals surface area contributed by atoms with Crippen LogP contribution in [-0.4, -0.2) is 53.1 Å². The maximum absolute atomic E-state index is 13.5. The fourth-order valence-electron chi connectivity index (χ4n) is 4.48. The molecule has 1 saturated heterocycles. The van der Waals surface area contributed by atoms with E-state index in [0.717, 1.165) is 65.3 Å². The van der Waals surface area contributed by atoms with Crippen molar-refractivity contribution >= 4 is 21.8 Å². The highest BCUT2D eigenvalue weighted by Crippen LogP contribution is 2.30. The largest absolute Gasteiger partial charge is 0.494 e. The third-order valence-corrected chi connectivity index (χ3v) is 6.51. The number of amides is 1. The highest BCUT2D eigenvalue weighted by Gasteiger charge is 2.27. The Morgan fingerprint density at radius 1 is 1.06 bits per heavy atom. The van der Waals surface area contributed by atoms with Crippen LogP contribution >= 0.6 is 15.9 Å². The molecule has 1 aliphatic rings. The van der Waals surface area contributed by atoms with E-state index in [4.69, 9.17) is 4.74 Å². The Hall–Kier alpha value is -2.57. The number of piperazine rings is 1. The quantitative estimate of drug-likeness (QED) is 0.476. The van der Waals surface area contributed by atoms with Crippen LogP contribution < -0.4 is 4.74 Å². The lowest BCUT2D eigenvalue weighted by atomic mass is 10.0. The predicted octanol–water partition coefficient (Wildman–Crippen LogP) is 5.12. The smallest absolute Gasteiger partial charge is 0.271 e. The SMILES string of the molecule is CCOc1ccc(Br)cc1CN1CCN(C(=O)c2c(-c3ccccc3)c(C)cn2C)CC1. The minimum Gasteiger partial charge on any atom is -0.494 e. The Morgan fingerprint density at radius 3 is 2.47 bits per heavy atom. The molecule has 0 unspecified atom stereocenters. The molecule has 1 fully saturated rings. The molecule has 0 saturated carbocycles. The number of aromatic nitrogens is 1. The molecule has 2 aromatic carbocycles. The van der Waals surface area contributed by atoms with E-state index in [-0.39, 0.29) is 5.91 Å². The number of hydrogen-bond donors (Lipinski definition) is 0. The van der Waals surface area contributed by atoms with Crippen molar-refractivity contribution in [1.82, 2.24) is 14.4 Å². The van der Waals surface area contributed by atoms with Crippen molar-refractivity contribution in [1.29, 1.82) is 0 Å². The summed E-state index contributed by atoms with van der Waals surface area (Å²) in [5.74, 6) is 1.04. The van der Waals surface area contributed by atoms with Crippen molar-refractivity contribution < 1.29 is 9.53 Å². The Labute approximate surface area is 198 Å². The summed E-state index contributed by atoms with van der Waals surface area (Å²) in [6.07, 6.45) is 2.05. The van der Waals surface area contributed by atoms with Crippen molar-refractivity contribution in [2.75, 3.05) is 32.8 Å². The molecule has 1 amide bonds. The Morgan fingerprint density at radius 2 is 1.78 bits per heavy atom. The van der Waals surface area contributed by atoms with Crippen LogP contribution in [0.3, 0.4) is 0 Å². The van der Waals surface area contributed by atoms with E-state index in [2.05, 4.69) is 46.0 Å². The van der Waals surface area contributed by atoms with Gasteiger partial charge in [0.1, 0.15) is 11.4 Å². The summed E-state index contributed by atoms with van der Waals surface area (Å²) < 4.78 is 8.83. The molecule has 0 radical (unpaired) electrons. The van der Waals surface area contributed by atoms with Gasteiger partial charge in [0.2, 0.25) is 0 Å². The molecule has 6 heteroatoms. The molecule has 168 valence electrons. The van der Waals surface area contributed by atoms with E-state index in [1.54, 1.807) is 0 Å². The first-order valence-corrected chi connectivity index (χ1v) is 11.9. The molecule has 1 aliphatic heterocycles. The zero-order chi connectivity index (χ0) is 22.7. The van der Waals surface area contributed by atoms with E-state index >= 15 is 0 Å². The van der Waals surface area contributed by atoms with E-state index in [1.807, 2.05) is 60.0 Å². The van der Waals surface area contributed by atoms with E-state index in [1.165, 1.54) is 5.56 Å². The minimum atomic E-state index is 0.108. The van der Waals surface area contributed by atoms with Gasteiger partial charge in [-0.1, -0.05) is 46.3 Å². The predicted molar refractivity (Wildman–Crippen MR) is 132 cm³/mol. The summed E-state index contributed by atoms with van der Waals surface area (Å²) in [4.78, 5) is 17.9. The monoisotopic (exact) mass is 495 g/mol. The van der Waals surface area contributed by atoms with Crippen LogP contribution in [0.1, 0.15) is 28.5 Å². The normalized spacial score (nSPS) is 14.6. The van der Waals surface area contributed by atoms with Gasteiger partial charge >= 0.3 is 0 Å². The molecule has 0 spiro atoms. The number of halogens is 1. The molecule has 3 aromatic rings. The van der Waals surface area contributed by atoms with Crippen molar-refractivity contribution in [2.45, 2.75) is 20.4 Å². The van der Waals surface area contributed by atoms with Gasteiger partial charge in [-0.15, -0.1) is 0 Å². The lowest BCUT2D eigenvalue weighted by molar-refractivity contribution is 0.0618. The standard InChI is InChI=1S/C26H30BrN3O2/c1-4-32-23-11-10-22(27)16-21(23)18-29-12-14-30(15-13-29)26(31)25-24(19(2)17-28(25)3)20-8-6-5-7-9-20/h5-11,16-17H,4,12-15,18H2,1-3H3. The molecular weight excluding hydrogens is 466 g/mol. The first-order chi connectivity index (χ1) is 15.5. The Kier molecular flexibility index (Phi) is 7.01. The van der Waals surface area contributed by atoms with Crippen molar-refractivity contribution in [3.05, 3.63) is 76.0 Å². The van der Waals surface area contributed by atoms with E-state index in [0.29, 0.717) is 6.61 Å². The van der Waals surface area contributed by atoms with Crippen LogP contribution in [0.4, 0.5) is 0 Å². The fourth-order valence-corrected chi connectivity index (χ4v) is 4.89. The number of carbonyl (C=O) groups excluding carboxylic acids is 1. The van der Waals surface area contributed by atoms with Crippen LogP contribution in [0, 0.1) is 6.92 Å². The third-order valence-electron chi connectivity index (χ3n) is 6.01. The van der Waals surface area contributed by atoms with Gasteiger partial charge in [-0.2, -0.15) is 0 Å². The maximum atomic E-state index is 13.5. The number of ether oxygens (including phenoxy) is 1. The second kappa shape index (κ2) is 9.92. The topological polar surface area (TPSA) is 37.7 Å². The van der Waals surface area contributed by atoms with Gasteiger partial charge in [0.05, 0.1) is 6.61 Å². The molecule has 1 aromatic heterocycles. The van der Waals surface area contributed by atoms with Gasteiger partial charge in [-0.05, 0) is 43.2 Å². The first-order valence-electron chi connectivity index (χ1n) is 11.1. The number of rotatable bonds is 6. The van der Waals surface area contributed by atoms with Crippen LogP contribution in [0.2, 0.25) is 0 Å². The van der Waals surface area contributed by atoms with Gasteiger partial charge in [-0.3, -0.25) is 9.69 Å². The van der Waals surface area contributed by atoms with E-state index < -0.39 is 0 Å². The molecular formula is C26H30BrN3O2.